The van der Waals surface area contributed by atoms with Gasteiger partial charge in [0.2, 0.25) is 5.91 Å². The summed E-state index contributed by atoms with van der Waals surface area (Å²) in [5.41, 5.74) is 5.76. The van der Waals surface area contributed by atoms with Gasteiger partial charge in [-0.1, -0.05) is 13.3 Å². The lowest BCUT2D eigenvalue weighted by molar-refractivity contribution is -0.117. The van der Waals surface area contributed by atoms with Gasteiger partial charge in [0.25, 0.3) is 0 Å². The summed E-state index contributed by atoms with van der Waals surface area (Å²) in [6.45, 7) is -1.09. The molecule has 3 N–H and O–H groups in total. The molecule has 0 saturated carbocycles. The smallest absolute Gasteiger partial charge is 0.387 e. The lowest BCUT2D eigenvalue weighted by Gasteiger charge is -2.15. The molecule has 0 spiro atoms. The Morgan fingerprint density at radius 3 is 2.70 bits per heavy atom. The third-order valence-electron chi connectivity index (χ3n) is 2.60. The molecule has 0 bridgehead atoms. The predicted molar refractivity (Wildman–Crippen MR) is 71.1 cm³/mol. The molecule has 1 rings (SSSR count). The Morgan fingerprint density at radius 1 is 1.45 bits per heavy atom. The maximum atomic E-state index is 12.3. The number of anilines is 1. The van der Waals surface area contributed by atoms with Crippen molar-refractivity contribution in [2.75, 3.05) is 12.4 Å². The summed E-state index contributed by atoms with van der Waals surface area (Å²) < 4.78 is 33.9. The number of hydrogen-bond donors (Lipinski definition) is 2. The summed E-state index contributed by atoms with van der Waals surface area (Å²) in [5.74, 6) is -0.192. The number of hydrogen-bond acceptors (Lipinski definition) is 4. The molecule has 1 amide bonds. The van der Waals surface area contributed by atoms with Gasteiger partial charge in [0.15, 0.2) is 0 Å². The van der Waals surface area contributed by atoms with Gasteiger partial charge in [0.05, 0.1) is 18.8 Å². The molecule has 112 valence electrons. The van der Waals surface area contributed by atoms with Crippen LogP contribution in [0.3, 0.4) is 0 Å². The largest absolute Gasteiger partial charge is 0.497 e. The van der Waals surface area contributed by atoms with Crippen LogP contribution in [0.1, 0.15) is 19.8 Å². The Balaban J connectivity index is 2.92. The van der Waals surface area contributed by atoms with Gasteiger partial charge < -0.3 is 20.5 Å². The van der Waals surface area contributed by atoms with Crippen molar-refractivity contribution >= 4 is 11.6 Å². The molecule has 0 aliphatic carbocycles. The Bertz CT molecular complexity index is 455. The second-order valence-electron chi connectivity index (χ2n) is 4.13. The summed E-state index contributed by atoms with van der Waals surface area (Å²) in [5, 5.41) is 2.47. The number of rotatable bonds is 7. The Kier molecular flexibility index (Phi) is 6.17. The van der Waals surface area contributed by atoms with Crippen LogP contribution in [-0.2, 0) is 4.79 Å². The van der Waals surface area contributed by atoms with Gasteiger partial charge in [-0.05, 0) is 18.6 Å². The molecule has 0 radical (unpaired) electrons. The number of carbonyl (C=O) groups is 1. The molecule has 5 nitrogen and oxygen atoms in total. The lowest BCUT2D eigenvalue weighted by atomic mass is 10.1. The standard InChI is InChI=1S/C13H18F2N2O3/c1-3-4-9(16)12(18)17-10-7-8(19-2)5-6-11(10)20-13(14)15/h5-7,9,13H,3-4,16H2,1-2H3,(H,17,18)/t9-/m1/s1. The molecule has 0 aromatic heterocycles. The van der Waals surface area contributed by atoms with Crippen LogP contribution in [0.25, 0.3) is 0 Å². The minimum atomic E-state index is -2.98. The number of benzene rings is 1. The van der Waals surface area contributed by atoms with Crippen molar-refractivity contribution in [3.63, 3.8) is 0 Å². The average Bonchev–Trinajstić information content (AvgIpc) is 2.40. The fourth-order valence-corrected chi connectivity index (χ4v) is 1.60. The SMILES string of the molecule is CCC[C@@H](N)C(=O)Nc1cc(OC)ccc1OC(F)F. The number of alkyl halides is 2. The first kappa shape index (κ1) is 16.2. The van der Waals surface area contributed by atoms with Crippen LogP contribution >= 0.6 is 0 Å². The first-order valence-electron chi connectivity index (χ1n) is 6.17. The molecule has 0 fully saturated rings. The molecular formula is C13H18F2N2O3. The zero-order valence-electron chi connectivity index (χ0n) is 11.4. The van der Waals surface area contributed by atoms with Crippen LogP contribution in [0.2, 0.25) is 0 Å². The molecule has 1 aromatic rings. The third-order valence-corrected chi connectivity index (χ3v) is 2.60. The van der Waals surface area contributed by atoms with E-state index in [1.807, 2.05) is 6.92 Å². The average molecular weight is 288 g/mol. The summed E-state index contributed by atoms with van der Waals surface area (Å²) in [6.07, 6.45) is 1.24. The number of carbonyl (C=O) groups excluding carboxylic acids is 1. The van der Waals surface area contributed by atoms with E-state index in [9.17, 15) is 13.6 Å². The first-order valence-corrected chi connectivity index (χ1v) is 6.17. The normalized spacial score (nSPS) is 12.1. The van der Waals surface area contributed by atoms with Gasteiger partial charge in [0, 0.05) is 6.07 Å². The van der Waals surface area contributed by atoms with E-state index in [0.29, 0.717) is 12.2 Å². The van der Waals surface area contributed by atoms with Gasteiger partial charge >= 0.3 is 6.61 Å². The van der Waals surface area contributed by atoms with E-state index >= 15 is 0 Å². The molecule has 0 unspecified atom stereocenters. The minimum Gasteiger partial charge on any atom is -0.497 e. The summed E-state index contributed by atoms with van der Waals surface area (Å²) in [6, 6.07) is 3.45. The first-order chi connectivity index (χ1) is 9.47. The summed E-state index contributed by atoms with van der Waals surface area (Å²) in [7, 11) is 1.43. The summed E-state index contributed by atoms with van der Waals surface area (Å²) in [4.78, 5) is 11.8. The van der Waals surface area contributed by atoms with Crippen molar-refractivity contribution in [2.24, 2.45) is 5.73 Å². The Hall–Kier alpha value is -1.89. The summed E-state index contributed by atoms with van der Waals surface area (Å²) >= 11 is 0. The fourth-order valence-electron chi connectivity index (χ4n) is 1.60. The molecule has 20 heavy (non-hydrogen) atoms. The van der Waals surface area contributed by atoms with Crippen molar-refractivity contribution in [1.29, 1.82) is 0 Å². The van der Waals surface area contributed by atoms with E-state index < -0.39 is 18.6 Å². The zero-order valence-corrected chi connectivity index (χ0v) is 11.4. The maximum Gasteiger partial charge on any atom is 0.387 e. The van der Waals surface area contributed by atoms with Crippen LogP contribution in [0, 0.1) is 0 Å². The van der Waals surface area contributed by atoms with Crippen molar-refractivity contribution in [2.45, 2.75) is 32.4 Å². The van der Waals surface area contributed by atoms with Crippen LogP contribution < -0.4 is 20.5 Å². The van der Waals surface area contributed by atoms with E-state index in [-0.39, 0.29) is 11.4 Å². The molecule has 0 aliphatic heterocycles. The molecule has 1 aromatic carbocycles. The van der Waals surface area contributed by atoms with E-state index in [4.69, 9.17) is 10.5 Å². The van der Waals surface area contributed by atoms with E-state index in [0.717, 1.165) is 6.42 Å². The van der Waals surface area contributed by atoms with Crippen molar-refractivity contribution in [3.8, 4) is 11.5 Å². The number of halogens is 2. The number of methoxy groups -OCH3 is 1. The second kappa shape index (κ2) is 7.64. The lowest BCUT2D eigenvalue weighted by Crippen LogP contribution is -2.35. The van der Waals surface area contributed by atoms with Crippen LogP contribution in [-0.4, -0.2) is 25.7 Å². The maximum absolute atomic E-state index is 12.3. The third kappa shape index (κ3) is 4.65. The van der Waals surface area contributed by atoms with Crippen molar-refractivity contribution in [1.82, 2.24) is 0 Å². The quantitative estimate of drug-likeness (QED) is 0.807. The van der Waals surface area contributed by atoms with Crippen LogP contribution in [0.15, 0.2) is 18.2 Å². The Labute approximate surface area is 116 Å². The number of nitrogens with one attached hydrogen (secondary N) is 1. The minimum absolute atomic E-state index is 0.0983. The molecule has 7 heteroatoms. The van der Waals surface area contributed by atoms with Crippen LogP contribution in [0.4, 0.5) is 14.5 Å². The van der Waals surface area contributed by atoms with E-state index in [1.165, 1.54) is 25.3 Å². The fraction of sp³-hybridized carbons (Fsp3) is 0.462. The van der Waals surface area contributed by atoms with Crippen molar-refractivity contribution < 1.29 is 23.0 Å². The van der Waals surface area contributed by atoms with E-state index in [2.05, 4.69) is 10.1 Å². The highest BCUT2D eigenvalue weighted by Gasteiger charge is 2.17. The highest BCUT2D eigenvalue weighted by atomic mass is 19.3. The predicted octanol–water partition coefficient (Wildman–Crippen LogP) is 2.36. The topological polar surface area (TPSA) is 73.6 Å². The number of amides is 1. The van der Waals surface area contributed by atoms with Gasteiger partial charge in [-0.3, -0.25) is 4.79 Å². The highest BCUT2D eigenvalue weighted by Crippen LogP contribution is 2.30. The second-order valence-corrected chi connectivity index (χ2v) is 4.13. The zero-order chi connectivity index (χ0) is 15.1. The van der Waals surface area contributed by atoms with Gasteiger partial charge in [-0.25, -0.2) is 0 Å². The molecule has 0 aliphatic rings. The monoisotopic (exact) mass is 288 g/mol. The molecular weight excluding hydrogens is 270 g/mol. The molecule has 0 heterocycles. The van der Waals surface area contributed by atoms with Gasteiger partial charge in [-0.15, -0.1) is 0 Å². The number of ether oxygens (including phenoxy) is 2. The highest BCUT2D eigenvalue weighted by molar-refractivity contribution is 5.96. The van der Waals surface area contributed by atoms with Gasteiger partial charge in [-0.2, -0.15) is 8.78 Å². The van der Waals surface area contributed by atoms with Gasteiger partial charge in [0.1, 0.15) is 11.5 Å². The van der Waals surface area contributed by atoms with Crippen molar-refractivity contribution in [3.05, 3.63) is 18.2 Å². The van der Waals surface area contributed by atoms with E-state index in [1.54, 1.807) is 0 Å². The Morgan fingerprint density at radius 2 is 2.15 bits per heavy atom. The molecule has 0 saturated heterocycles. The molecule has 1 atom stereocenters. The number of nitrogens with two attached hydrogens (primary N) is 1. The van der Waals surface area contributed by atoms with Crippen LogP contribution in [0.5, 0.6) is 11.5 Å².